The van der Waals surface area contributed by atoms with Crippen LogP contribution in [-0.4, -0.2) is 25.9 Å². The van der Waals surface area contributed by atoms with E-state index < -0.39 is 20.2 Å². The summed E-state index contributed by atoms with van der Waals surface area (Å²) in [7, 11) is -8.04. The highest BCUT2D eigenvalue weighted by Crippen LogP contribution is 2.17. The van der Waals surface area contributed by atoms with Gasteiger partial charge in [-0.3, -0.25) is 9.11 Å². The Morgan fingerprint density at radius 2 is 0.848 bits per heavy atom. The molecule has 3 aromatic rings. The lowest BCUT2D eigenvalue weighted by molar-refractivity contribution is 0.481. The van der Waals surface area contributed by atoms with Crippen molar-refractivity contribution in [2.24, 2.45) is 0 Å². The van der Waals surface area contributed by atoms with Gasteiger partial charge < -0.3 is 0 Å². The molecule has 3 aromatic carbocycles. The molecule has 0 aliphatic rings. The van der Waals surface area contributed by atoms with Gasteiger partial charge >= 0.3 is 0 Å². The van der Waals surface area contributed by atoms with Gasteiger partial charge in [-0.2, -0.15) is 16.8 Å². The fourth-order valence-corrected chi connectivity index (χ4v) is 3.85. The third-order valence-corrected chi connectivity index (χ3v) is 7.66. The molecule has 0 saturated heterocycles. The summed E-state index contributed by atoms with van der Waals surface area (Å²) in [6.45, 7) is 10.1. The highest BCUT2D eigenvalue weighted by Gasteiger charge is 2.07. The highest BCUT2D eigenvalue weighted by molar-refractivity contribution is 14.1. The Morgan fingerprint density at radius 3 is 1.09 bits per heavy atom. The van der Waals surface area contributed by atoms with Gasteiger partial charge in [-0.1, -0.05) is 53.1 Å². The van der Waals surface area contributed by atoms with Crippen LogP contribution in [0.2, 0.25) is 0 Å². The first-order valence-electron chi connectivity index (χ1n) is 9.43. The molecule has 33 heavy (non-hydrogen) atoms. The predicted octanol–water partition coefficient (Wildman–Crippen LogP) is 6.32. The molecule has 0 atom stereocenters. The van der Waals surface area contributed by atoms with Crippen molar-refractivity contribution in [3.63, 3.8) is 0 Å². The number of benzene rings is 3. The fourth-order valence-electron chi connectivity index (χ4n) is 2.58. The topological polar surface area (TPSA) is 109 Å². The zero-order valence-corrected chi connectivity index (χ0v) is 25.0. The molecule has 0 heterocycles. The standard InChI is InChI=1S/C9H11I.2C7H8O3S.HI/c1-6-4-7(2)9(10)8(3)5-6;2*1-6-2-4-7(5-3-6)11(8,9)10;/h4-5H,1-3H3;2*2-5H,1H3,(H,8,9,10);1H. The molecule has 0 amide bonds. The van der Waals surface area contributed by atoms with Crippen LogP contribution < -0.4 is 0 Å². The Labute approximate surface area is 227 Å². The minimum Gasteiger partial charge on any atom is -0.282 e. The van der Waals surface area contributed by atoms with Gasteiger partial charge in [0.25, 0.3) is 20.2 Å². The molecule has 0 unspecified atom stereocenters. The van der Waals surface area contributed by atoms with Crippen molar-refractivity contribution in [1.82, 2.24) is 0 Å². The highest BCUT2D eigenvalue weighted by atomic mass is 127. The van der Waals surface area contributed by atoms with Gasteiger partial charge in [0.1, 0.15) is 0 Å². The summed E-state index contributed by atoms with van der Waals surface area (Å²) in [6.07, 6.45) is 0. The second-order valence-electron chi connectivity index (χ2n) is 7.29. The lowest BCUT2D eigenvalue weighted by atomic mass is 10.1. The summed E-state index contributed by atoms with van der Waals surface area (Å²) in [5, 5.41) is 0. The molecule has 0 saturated carbocycles. The third-order valence-electron chi connectivity index (χ3n) is 4.22. The lowest BCUT2D eigenvalue weighted by Gasteiger charge is -2.03. The van der Waals surface area contributed by atoms with Crippen LogP contribution >= 0.6 is 46.6 Å². The van der Waals surface area contributed by atoms with Crippen molar-refractivity contribution in [2.75, 3.05) is 0 Å². The van der Waals surface area contributed by atoms with Gasteiger partial charge in [-0.15, -0.1) is 24.0 Å². The van der Waals surface area contributed by atoms with E-state index >= 15 is 0 Å². The van der Waals surface area contributed by atoms with Gasteiger partial charge in [0, 0.05) is 3.57 Å². The average Bonchev–Trinajstić information content (AvgIpc) is 2.66. The zero-order valence-electron chi connectivity index (χ0n) is 18.9. The summed E-state index contributed by atoms with van der Waals surface area (Å²) in [4.78, 5) is -0.133. The largest absolute Gasteiger partial charge is 0.294 e. The number of aryl methyl sites for hydroxylation is 5. The van der Waals surface area contributed by atoms with Crippen LogP contribution in [0.5, 0.6) is 0 Å². The summed E-state index contributed by atoms with van der Waals surface area (Å²) >= 11 is 2.39. The molecule has 2 N–H and O–H groups in total. The molecule has 3 rings (SSSR count). The monoisotopic (exact) mass is 718 g/mol. The Balaban J connectivity index is 0.000000459. The van der Waals surface area contributed by atoms with E-state index in [-0.39, 0.29) is 33.8 Å². The smallest absolute Gasteiger partial charge is 0.282 e. The van der Waals surface area contributed by atoms with Crippen molar-refractivity contribution in [1.29, 1.82) is 0 Å². The van der Waals surface area contributed by atoms with E-state index in [1.807, 2.05) is 13.8 Å². The molecular weight excluding hydrogens is 690 g/mol. The Kier molecular flexibility index (Phi) is 13.3. The maximum absolute atomic E-state index is 10.5. The minimum atomic E-state index is -4.02. The average molecular weight is 718 g/mol. The first-order chi connectivity index (χ1) is 14.6. The van der Waals surface area contributed by atoms with Crippen LogP contribution in [0.15, 0.2) is 70.5 Å². The van der Waals surface area contributed by atoms with Crippen molar-refractivity contribution < 1.29 is 25.9 Å². The van der Waals surface area contributed by atoms with Gasteiger partial charge in [-0.05, 0) is 92.6 Å². The molecule has 0 fully saturated rings. The molecule has 0 radical (unpaired) electrons. The van der Waals surface area contributed by atoms with Crippen molar-refractivity contribution in [3.8, 4) is 0 Å². The van der Waals surface area contributed by atoms with Crippen molar-refractivity contribution in [3.05, 3.63) is 92.1 Å². The van der Waals surface area contributed by atoms with Gasteiger partial charge in [0.15, 0.2) is 0 Å². The zero-order chi connectivity index (χ0) is 24.7. The maximum Gasteiger partial charge on any atom is 0.294 e. The van der Waals surface area contributed by atoms with E-state index in [4.69, 9.17) is 9.11 Å². The Bertz CT molecular complexity index is 1160. The molecule has 0 spiro atoms. The summed E-state index contributed by atoms with van der Waals surface area (Å²) in [6, 6.07) is 16.4. The maximum atomic E-state index is 10.5. The fraction of sp³-hybridized carbons (Fsp3) is 0.217. The number of hydrogen-bond acceptors (Lipinski definition) is 4. The van der Waals surface area contributed by atoms with Crippen LogP contribution in [0.3, 0.4) is 0 Å². The van der Waals surface area contributed by atoms with Crippen LogP contribution in [0, 0.1) is 38.2 Å². The van der Waals surface area contributed by atoms with Crippen molar-refractivity contribution >= 4 is 66.8 Å². The lowest BCUT2D eigenvalue weighted by Crippen LogP contribution is -1.96. The number of halogens is 2. The summed E-state index contributed by atoms with van der Waals surface area (Å²) in [5.74, 6) is 0. The van der Waals surface area contributed by atoms with E-state index in [0.717, 1.165) is 11.1 Å². The van der Waals surface area contributed by atoms with E-state index in [0.29, 0.717) is 0 Å². The van der Waals surface area contributed by atoms with E-state index in [2.05, 4.69) is 55.5 Å². The van der Waals surface area contributed by atoms with Gasteiger partial charge in [-0.25, -0.2) is 0 Å². The van der Waals surface area contributed by atoms with E-state index in [9.17, 15) is 16.8 Å². The Hall–Kier alpha value is -1.06. The predicted molar refractivity (Wildman–Crippen MR) is 151 cm³/mol. The van der Waals surface area contributed by atoms with Crippen LogP contribution in [0.1, 0.15) is 27.8 Å². The molecule has 0 aromatic heterocycles. The van der Waals surface area contributed by atoms with Gasteiger partial charge in [0.2, 0.25) is 0 Å². The quantitative estimate of drug-likeness (QED) is 0.238. The summed E-state index contributed by atoms with van der Waals surface area (Å²) in [5.41, 5.74) is 6.04. The first-order valence-corrected chi connectivity index (χ1v) is 13.4. The van der Waals surface area contributed by atoms with Gasteiger partial charge in [0.05, 0.1) is 9.79 Å². The molecular formula is C23H28I2O6S2. The normalized spacial score (nSPS) is 10.7. The molecule has 0 aliphatic carbocycles. The molecule has 10 heteroatoms. The van der Waals surface area contributed by atoms with E-state index in [1.54, 1.807) is 24.3 Å². The third kappa shape index (κ3) is 11.8. The number of hydrogen-bond donors (Lipinski definition) is 2. The van der Waals surface area contributed by atoms with E-state index in [1.165, 1.54) is 44.5 Å². The first kappa shape index (κ1) is 31.9. The van der Waals surface area contributed by atoms with Crippen LogP contribution in [0.4, 0.5) is 0 Å². The molecule has 6 nitrogen and oxygen atoms in total. The second-order valence-corrected chi connectivity index (χ2v) is 11.2. The van der Waals surface area contributed by atoms with Crippen molar-refractivity contribution in [2.45, 2.75) is 44.4 Å². The molecule has 0 aliphatic heterocycles. The summed E-state index contributed by atoms with van der Waals surface area (Å²) < 4.78 is 60.5. The number of rotatable bonds is 2. The van der Waals surface area contributed by atoms with Crippen LogP contribution in [0.25, 0.3) is 0 Å². The second kappa shape index (κ2) is 13.7. The molecule has 0 bridgehead atoms. The SMILES string of the molecule is Cc1cc(C)c(I)c(C)c1.Cc1ccc(S(=O)(=O)O)cc1.Cc1ccc(S(=O)(=O)O)cc1.I. The molecule has 182 valence electrons. The minimum absolute atomic E-state index is 0. The van der Waals surface area contributed by atoms with Crippen LogP contribution in [-0.2, 0) is 20.2 Å². The Morgan fingerprint density at radius 1 is 0.576 bits per heavy atom.